The summed E-state index contributed by atoms with van der Waals surface area (Å²) in [6.07, 6.45) is 7.67. The maximum atomic E-state index is 5.04. The van der Waals surface area contributed by atoms with Crippen LogP contribution >= 0.6 is 12.0 Å². The maximum Gasteiger partial charge on any atom is 0.0740 e. The van der Waals surface area contributed by atoms with Crippen molar-refractivity contribution in [3.63, 3.8) is 0 Å². The molecule has 2 nitrogen and oxygen atoms in total. The van der Waals surface area contributed by atoms with E-state index in [1.807, 2.05) is 18.4 Å². The zero-order chi connectivity index (χ0) is 10.6. The van der Waals surface area contributed by atoms with Crippen LogP contribution in [0.1, 0.15) is 13.8 Å². The highest BCUT2D eigenvalue weighted by Crippen LogP contribution is 2.29. The minimum atomic E-state index is -0.171. The summed E-state index contributed by atoms with van der Waals surface area (Å²) < 4.78 is 5.04. The van der Waals surface area contributed by atoms with Crippen molar-refractivity contribution in [1.82, 2.24) is 0 Å². The molecule has 1 aliphatic rings. The van der Waals surface area contributed by atoms with E-state index in [2.05, 4.69) is 31.5 Å². The van der Waals surface area contributed by atoms with Crippen molar-refractivity contribution >= 4 is 18.3 Å². The summed E-state index contributed by atoms with van der Waals surface area (Å²) in [6.45, 7) is 7.90. The Morgan fingerprint density at radius 1 is 1.57 bits per heavy atom. The summed E-state index contributed by atoms with van der Waals surface area (Å²) in [5.41, 5.74) is 0.898. The second kappa shape index (κ2) is 4.62. The van der Waals surface area contributed by atoms with Crippen LogP contribution in [0.4, 0.5) is 0 Å². The molecule has 0 aromatic carbocycles. The van der Waals surface area contributed by atoms with Crippen LogP contribution < -0.4 is 0 Å². The van der Waals surface area contributed by atoms with Gasteiger partial charge in [0.2, 0.25) is 0 Å². The molecule has 0 unspecified atom stereocenters. The number of hydrogen-bond acceptors (Lipinski definition) is 3. The molecule has 0 aliphatic carbocycles. The van der Waals surface area contributed by atoms with Crippen molar-refractivity contribution in [2.24, 2.45) is 4.99 Å². The Morgan fingerprint density at radius 3 is 2.86 bits per heavy atom. The maximum absolute atomic E-state index is 5.04. The van der Waals surface area contributed by atoms with Gasteiger partial charge in [0.25, 0.3) is 0 Å². The molecule has 1 rings (SSSR count). The lowest BCUT2D eigenvalue weighted by Crippen LogP contribution is -2.12. The average molecular weight is 209 g/mol. The van der Waals surface area contributed by atoms with Crippen LogP contribution in [0.2, 0.25) is 0 Å². The Bertz CT molecular complexity index is 313. The normalized spacial score (nSPS) is 19.6. The summed E-state index contributed by atoms with van der Waals surface area (Å²) >= 11 is 1.33. The Kier molecular flexibility index (Phi) is 3.72. The Morgan fingerprint density at radius 2 is 2.29 bits per heavy atom. The van der Waals surface area contributed by atoms with E-state index in [4.69, 9.17) is 4.18 Å². The largest absolute Gasteiger partial charge is 0.314 e. The molecule has 14 heavy (non-hydrogen) atoms. The predicted molar refractivity (Wildman–Crippen MR) is 63.5 cm³/mol. The zero-order valence-electron chi connectivity index (χ0n) is 8.78. The molecule has 0 radical (unpaired) electrons. The van der Waals surface area contributed by atoms with Crippen LogP contribution in [0.3, 0.4) is 0 Å². The zero-order valence-corrected chi connectivity index (χ0v) is 9.60. The van der Waals surface area contributed by atoms with E-state index in [0.717, 1.165) is 10.5 Å². The van der Waals surface area contributed by atoms with Gasteiger partial charge in [-0.1, -0.05) is 12.7 Å². The molecule has 0 atom stereocenters. The third kappa shape index (κ3) is 2.86. The molecular formula is C11H15NOS. The van der Waals surface area contributed by atoms with E-state index in [1.165, 1.54) is 12.0 Å². The van der Waals surface area contributed by atoms with Gasteiger partial charge in [-0.25, -0.2) is 0 Å². The number of rotatable bonds is 3. The van der Waals surface area contributed by atoms with Crippen molar-refractivity contribution in [1.29, 1.82) is 0 Å². The van der Waals surface area contributed by atoms with E-state index in [-0.39, 0.29) is 5.54 Å². The fraction of sp³-hybridized carbons (Fsp3) is 0.364. The lowest BCUT2D eigenvalue weighted by Gasteiger charge is -2.14. The van der Waals surface area contributed by atoms with Crippen molar-refractivity contribution in [2.75, 3.05) is 7.11 Å². The van der Waals surface area contributed by atoms with Gasteiger partial charge in [0.1, 0.15) is 0 Å². The Hall–Kier alpha value is -0.800. The average Bonchev–Trinajstić information content (AvgIpc) is 2.25. The van der Waals surface area contributed by atoms with E-state index in [0.29, 0.717) is 0 Å². The number of hydrogen-bond donors (Lipinski definition) is 0. The van der Waals surface area contributed by atoms with E-state index in [1.54, 1.807) is 7.11 Å². The van der Waals surface area contributed by atoms with E-state index in [9.17, 15) is 0 Å². The highest BCUT2D eigenvalue weighted by molar-refractivity contribution is 7.98. The molecule has 0 spiro atoms. The summed E-state index contributed by atoms with van der Waals surface area (Å²) in [5.74, 6) is 0. The predicted octanol–water partition coefficient (Wildman–Crippen LogP) is 3.14. The van der Waals surface area contributed by atoms with E-state index >= 15 is 0 Å². The molecule has 0 bridgehead atoms. The van der Waals surface area contributed by atoms with Gasteiger partial charge >= 0.3 is 0 Å². The fourth-order valence-corrected chi connectivity index (χ4v) is 1.74. The van der Waals surface area contributed by atoms with E-state index < -0.39 is 0 Å². The molecule has 0 fully saturated rings. The highest BCUT2D eigenvalue weighted by atomic mass is 32.2. The van der Waals surface area contributed by atoms with Gasteiger partial charge in [0.05, 0.1) is 12.6 Å². The molecule has 1 aliphatic heterocycles. The first-order valence-corrected chi connectivity index (χ1v) is 5.15. The standard InChI is InChI=1S/C11H15NOS/c1-5-9-8-11(2,3)12-7-6-10(9)14-13-4/h5-8H,1H2,2-4H3. The molecule has 0 amide bonds. The van der Waals surface area contributed by atoms with Gasteiger partial charge in [-0.05, 0) is 31.6 Å². The molecule has 0 saturated carbocycles. The van der Waals surface area contributed by atoms with Crippen LogP contribution in [0, 0.1) is 0 Å². The number of aliphatic imine (C=N–C) groups is 1. The number of nitrogens with zero attached hydrogens (tertiary/aromatic N) is 1. The quantitative estimate of drug-likeness (QED) is 0.666. The van der Waals surface area contributed by atoms with Gasteiger partial charge in [-0.3, -0.25) is 4.99 Å². The Balaban J connectivity index is 3.02. The molecular weight excluding hydrogens is 194 g/mol. The first-order chi connectivity index (χ1) is 6.59. The molecule has 0 N–H and O–H groups in total. The molecule has 3 heteroatoms. The third-order valence-electron chi connectivity index (χ3n) is 1.82. The van der Waals surface area contributed by atoms with Crippen LogP contribution in [-0.4, -0.2) is 18.9 Å². The topological polar surface area (TPSA) is 21.6 Å². The van der Waals surface area contributed by atoms with Crippen molar-refractivity contribution < 1.29 is 4.18 Å². The first-order valence-electron chi connectivity index (χ1n) is 4.41. The monoisotopic (exact) mass is 209 g/mol. The number of allylic oxidation sites excluding steroid dienone is 3. The second-order valence-corrected chi connectivity index (χ2v) is 4.46. The summed E-state index contributed by atoms with van der Waals surface area (Å²) in [4.78, 5) is 5.43. The van der Waals surface area contributed by atoms with Gasteiger partial charge in [0, 0.05) is 23.2 Å². The first kappa shape index (κ1) is 11.3. The minimum absolute atomic E-state index is 0.171. The Labute approximate surface area is 89.7 Å². The SMILES string of the molecule is C=CC1=CC(C)(C)N=CC=C1SOC. The van der Waals surface area contributed by atoms with Crippen molar-refractivity contribution in [2.45, 2.75) is 19.4 Å². The third-order valence-corrected chi connectivity index (χ3v) is 2.54. The van der Waals surface area contributed by atoms with Gasteiger partial charge in [0.15, 0.2) is 0 Å². The summed E-state index contributed by atoms with van der Waals surface area (Å²) in [5, 5.41) is 0. The second-order valence-electron chi connectivity index (χ2n) is 3.52. The molecule has 0 saturated heterocycles. The van der Waals surface area contributed by atoms with Crippen molar-refractivity contribution in [3.8, 4) is 0 Å². The van der Waals surface area contributed by atoms with Crippen LogP contribution in [0.5, 0.6) is 0 Å². The molecule has 76 valence electrons. The highest BCUT2D eigenvalue weighted by Gasteiger charge is 2.16. The lowest BCUT2D eigenvalue weighted by atomic mass is 10.0. The lowest BCUT2D eigenvalue weighted by molar-refractivity contribution is 0.493. The minimum Gasteiger partial charge on any atom is -0.314 e. The summed E-state index contributed by atoms with van der Waals surface area (Å²) in [7, 11) is 1.65. The molecule has 0 aromatic heterocycles. The molecule has 1 heterocycles. The van der Waals surface area contributed by atoms with Gasteiger partial charge in [-0.2, -0.15) is 0 Å². The summed E-state index contributed by atoms with van der Waals surface area (Å²) in [6, 6.07) is 0. The molecule has 0 aromatic rings. The van der Waals surface area contributed by atoms with Gasteiger partial charge in [-0.15, -0.1) is 0 Å². The smallest absolute Gasteiger partial charge is 0.0740 e. The van der Waals surface area contributed by atoms with Crippen LogP contribution in [0.25, 0.3) is 0 Å². The van der Waals surface area contributed by atoms with Crippen LogP contribution in [0.15, 0.2) is 40.3 Å². The van der Waals surface area contributed by atoms with Crippen LogP contribution in [-0.2, 0) is 4.18 Å². The van der Waals surface area contributed by atoms with Crippen molar-refractivity contribution in [3.05, 3.63) is 35.3 Å². The van der Waals surface area contributed by atoms with Gasteiger partial charge < -0.3 is 4.18 Å². The fourth-order valence-electron chi connectivity index (χ4n) is 1.21.